The summed E-state index contributed by atoms with van der Waals surface area (Å²) in [4.78, 5) is 2.32. The molecule has 0 radical (unpaired) electrons. The van der Waals surface area contributed by atoms with Crippen molar-refractivity contribution in [3.05, 3.63) is 0 Å². The number of β-amino-alcohol motifs (C(OH)–C–C–N with tert-alkyl or cyclic N) is 1. The lowest BCUT2D eigenvalue weighted by Crippen LogP contribution is -2.45. The van der Waals surface area contributed by atoms with Crippen LogP contribution >= 0.6 is 0 Å². The number of nitrogens with zero attached hydrogens (tertiary/aromatic N) is 1. The van der Waals surface area contributed by atoms with Crippen molar-refractivity contribution in [2.75, 3.05) is 26.2 Å². The van der Waals surface area contributed by atoms with E-state index in [-0.39, 0.29) is 6.10 Å². The van der Waals surface area contributed by atoms with Crippen LogP contribution in [0, 0.1) is 5.92 Å². The molecule has 1 N–H and O–H groups in total. The molecule has 3 nitrogen and oxygen atoms in total. The Morgan fingerprint density at radius 3 is 2.92 bits per heavy atom. The third-order valence-corrected chi connectivity index (χ3v) is 2.85. The molecule has 0 amide bonds. The van der Waals surface area contributed by atoms with Crippen molar-refractivity contribution >= 4 is 0 Å². The van der Waals surface area contributed by atoms with Crippen molar-refractivity contribution in [3.8, 4) is 0 Å². The van der Waals surface area contributed by atoms with E-state index in [0.29, 0.717) is 6.10 Å². The van der Waals surface area contributed by atoms with Crippen molar-refractivity contribution in [1.82, 2.24) is 4.90 Å². The Kier molecular flexibility index (Phi) is 2.86. The number of aliphatic hydroxyl groups excluding tert-OH is 1. The summed E-state index contributed by atoms with van der Waals surface area (Å²) >= 11 is 0. The summed E-state index contributed by atoms with van der Waals surface area (Å²) in [5.41, 5.74) is 0. The second-order valence-electron chi connectivity index (χ2n) is 4.36. The van der Waals surface area contributed by atoms with Gasteiger partial charge in [-0.2, -0.15) is 0 Å². The summed E-state index contributed by atoms with van der Waals surface area (Å²) in [7, 11) is 0. The lowest BCUT2D eigenvalue weighted by atomic mass is 10.2. The molecule has 3 heteroatoms. The van der Waals surface area contributed by atoms with Crippen molar-refractivity contribution < 1.29 is 9.84 Å². The number of ether oxygens (including phenoxy) is 1. The quantitative estimate of drug-likeness (QED) is 0.694. The maximum atomic E-state index is 9.26. The molecule has 1 aliphatic carbocycles. The van der Waals surface area contributed by atoms with Gasteiger partial charge < -0.3 is 9.84 Å². The fraction of sp³-hybridized carbons (Fsp3) is 1.00. The van der Waals surface area contributed by atoms with E-state index < -0.39 is 0 Å². The molecular formula is C10H19NO2. The molecule has 2 unspecified atom stereocenters. The number of hydrogen-bond donors (Lipinski definition) is 1. The summed E-state index contributed by atoms with van der Waals surface area (Å²) < 4.78 is 5.69. The van der Waals surface area contributed by atoms with Gasteiger partial charge in [0, 0.05) is 19.6 Å². The molecule has 2 atom stereocenters. The predicted octanol–water partition coefficient (Wildman–Crippen LogP) is 0.478. The van der Waals surface area contributed by atoms with Gasteiger partial charge in [-0.1, -0.05) is 0 Å². The molecule has 1 saturated carbocycles. The zero-order valence-corrected chi connectivity index (χ0v) is 8.28. The summed E-state index contributed by atoms with van der Waals surface area (Å²) in [6.45, 7) is 5.49. The Balaban J connectivity index is 1.77. The zero-order chi connectivity index (χ0) is 9.26. The van der Waals surface area contributed by atoms with E-state index in [2.05, 4.69) is 4.90 Å². The normalized spacial score (nSPS) is 33.2. The van der Waals surface area contributed by atoms with Crippen molar-refractivity contribution in [3.63, 3.8) is 0 Å². The molecule has 0 aromatic rings. The van der Waals surface area contributed by atoms with E-state index in [1.807, 2.05) is 6.92 Å². The first-order chi connectivity index (χ1) is 6.25. The molecule has 1 saturated heterocycles. The monoisotopic (exact) mass is 185 g/mol. The van der Waals surface area contributed by atoms with Crippen LogP contribution < -0.4 is 0 Å². The third-order valence-electron chi connectivity index (χ3n) is 2.85. The van der Waals surface area contributed by atoms with Crippen molar-refractivity contribution in [2.45, 2.75) is 32.0 Å². The Morgan fingerprint density at radius 2 is 2.31 bits per heavy atom. The molecular weight excluding hydrogens is 166 g/mol. The van der Waals surface area contributed by atoms with Crippen molar-refractivity contribution in [2.24, 2.45) is 5.92 Å². The SMILES string of the molecule is CC(O)CN1CCOC(C2CC2)C1. The topological polar surface area (TPSA) is 32.7 Å². The molecule has 76 valence electrons. The lowest BCUT2D eigenvalue weighted by Gasteiger charge is -2.33. The lowest BCUT2D eigenvalue weighted by molar-refractivity contribution is -0.0484. The number of morpholine rings is 1. The van der Waals surface area contributed by atoms with Gasteiger partial charge in [-0.15, -0.1) is 0 Å². The van der Waals surface area contributed by atoms with Crippen LogP contribution in [0.15, 0.2) is 0 Å². The minimum atomic E-state index is -0.210. The molecule has 13 heavy (non-hydrogen) atoms. The third kappa shape index (κ3) is 2.66. The van der Waals surface area contributed by atoms with Gasteiger partial charge in [-0.3, -0.25) is 4.90 Å². The summed E-state index contributed by atoms with van der Waals surface area (Å²) in [5.74, 6) is 0.816. The predicted molar refractivity (Wildman–Crippen MR) is 50.6 cm³/mol. The summed E-state index contributed by atoms with van der Waals surface area (Å²) in [6, 6.07) is 0. The molecule has 0 aromatic heterocycles. The Bertz CT molecular complexity index is 168. The standard InChI is InChI=1S/C10H19NO2/c1-8(12)6-11-4-5-13-10(7-11)9-2-3-9/h8-10,12H,2-7H2,1H3. The van der Waals surface area contributed by atoms with Gasteiger partial charge in [0.15, 0.2) is 0 Å². The minimum absolute atomic E-state index is 0.210. The number of aliphatic hydroxyl groups is 1. The minimum Gasteiger partial charge on any atom is -0.392 e. The van der Waals surface area contributed by atoms with Gasteiger partial charge in [0.2, 0.25) is 0 Å². The molecule has 0 bridgehead atoms. The largest absolute Gasteiger partial charge is 0.392 e. The van der Waals surface area contributed by atoms with Gasteiger partial charge in [0.25, 0.3) is 0 Å². The van der Waals surface area contributed by atoms with E-state index in [4.69, 9.17) is 4.74 Å². The first kappa shape index (κ1) is 9.44. The van der Waals surface area contributed by atoms with E-state index in [1.54, 1.807) is 0 Å². The van der Waals surface area contributed by atoms with Crippen LogP contribution in [0.5, 0.6) is 0 Å². The van der Waals surface area contributed by atoms with Gasteiger partial charge in [0.1, 0.15) is 0 Å². The number of hydrogen-bond acceptors (Lipinski definition) is 3. The van der Waals surface area contributed by atoms with Crippen LogP contribution in [0.1, 0.15) is 19.8 Å². The van der Waals surface area contributed by atoms with Gasteiger partial charge in [-0.05, 0) is 25.7 Å². The average molecular weight is 185 g/mol. The van der Waals surface area contributed by atoms with Crippen LogP contribution in [-0.4, -0.2) is 48.5 Å². The zero-order valence-electron chi connectivity index (χ0n) is 8.28. The first-order valence-electron chi connectivity index (χ1n) is 5.27. The van der Waals surface area contributed by atoms with E-state index in [9.17, 15) is 5.11 Å². The Labute approximate surface area is 79.7 Å². The second kappa shape index (κ2) is 3.95. The number of rotatable bonds is 3. The average Bonchev–Trinajstić information content (AvgIpc) is 2.85. The molecule has 0 spiro atoms. The molecule has 1 heterocycles. The second-order valence-corrected chi connectivity index (χ2v) is 4.36. The molecule has 2 fully saturated rings. The Morgan fingerprint density at radius 1 is 1.54 bits per heavy atom. The first-order valence-corrected chi connectivity index (χ1v) is 5.27. The summed E-state index contributed by atoms with van der Waals surface area (Å²) in [5, 5.41) is 9.26. The van der Waals surface area contributed by atoms with Crippen LogP contribution in [0.2, 0.25) is 0 Å². The smallest absolute Gasteiger partial charge is 0.0730 e. The molecule has 1 aliphatic heterocycles. The highest BCUT2D eigenvalue weighted by molar-refractivity contribution is 4.86. The molecule has 0 aromatic carbocycles. The molecule has 2 aliphatic rings. The van der Waals surface area contributed by atoms with Gasteiger partial charge in [0.05, 0.1) is 18.8 Å². The van der Waals surface area contributed by atoms with Crippen LogP contribution in [0.3, 0.4) is 0 Å². The van der Waals surface area contributed by atoms with Crippen molar-refractivity contribution in [1.29, 1.82) is 0 Å². The highest BCUT2D eigenvalue weighted by atomic mass is 16.5. The van der Waals surface area contributed by atoms with Gasteiger partial charge in [-0.25, -0.2) is 0 Å². The van der Waals surface area contributed by atoms with Gasteiger partial charge >= 0.3 is 0 Å². The molecule has 2 rings (SSSR count). The van der Waals surface area contributed by atoms with Crippen LogP contribution in [-0.2, 0) is 4.74 Å². The van der Waals surface area contributed by atoms with E-state index in [1.165, 1.54) is 12.8 Å². The fourth-order valence-corrected chi connectivity index (χ4v) is 2.02. The Hall–Kier alpha value is -0.120. The summed E-state index contributed by atoms with van der Waals surface area (Å²) in [6.07, 6.45) is 2.92. The highest BCUT2D eigenvalue weighted by Crippen LogP contribution is 2.35. The van der Waals surface area contributed by atoms with E-state index >= 15 is 0 Å². The highest BCUT2D eigenvalue weighted by Gasteiger charge is 2.35. The van der Waals surface area contributed by atoms with Crippen LogP contribution in [0.4, 0.5) is 0 Å². The fourth-order valence-electron chi connectivity index (χ4n) is 2.02. The van der Waals surface area contributed by atoms with Crippen LogP contribution in [0.25, 0.3) is 0 Å². The van der Waals surface area contributed by atoms with E-state index in [0.717, 1.165) is 32.2 Å². The maximum absolute atomic E-state index is 9.26. The maximum Gasteiger partial charge on any atom is 0.0730 e.